The van der Waals surface area contributed by atoms with Crippen molar-refractivity contribution in [1.29, 1.82) is 0 Å². The Hall–Kier alpha value is -2.65. The van der Waals surface area contributed by atoms with Gasteiger partial charge in [-0.1, -0.05) is 17.7 Å². The maximum atomic E-state index is 14.6. The van der Waals surface area contributed by atoms with Crippen LogP contribution in [0.1, 0.15) is 11.1 Å². The van der Waals surface area contributed by atoms with Gasteiger partial charge in [0.2, 0.25) is 0 Å². The van der Waals surface area contributed by atoms with Gasteiger partial charge in [0.1, 0.15) is 24.0 Å². The maximum absolute atomic E-state index is 14.6. The van der Waals surface area contributed by atoms with Crippen LogP contribution in [-0.4, -0.2) is 19.0 Å². The molecule has 0 aliphatic carbocycles. The van der Waals surface area contributed by atoms with Crippen molar-refractivity contribution in [2.75, 3.05) is 18.1 Å². The number of nitrogens with two attached hydrogens (primary N) is 2. The molecule has 6 nitrogen and oxygen atoms in total. The van der Waals surface area contributed by atoms with Crippen molar-refractivity contribution in [3.05, 3.63) is 57.9 Å². The number of nitrogens with one attached hydrogen (secondary N) is 1. The Bertz CT molecular complexity index is 877. The molecule has 1 aliphatic heterocycles. The number of benzene rings is 2. The van der Waals surface area contributed by atoms with Crippen molar-refractivity contribution < 1.29 is 17.9 Å². The summed E-state index contributed by atoms with van der Waals surface area (Å²) in [6.45, 7) is 0.629. The van der Waals surface area contributed by atoms with Crippen LogP contribution in [0.2, 0.25) is 5.02 Å². The summed E-state index contributed by atoms with van der Waals surface area (Å²) >= 11 is 5.91. The Labute approximate surface area is 152 Å². The molecular formula is C16H15ClF3N5O. The molecule has 138 valence electrons. The highest BCUT2D eigenvalue weighted by molar-refractivity contribution is 6.31. The summed E-state index contributed by atoms with van der Waals surface area (Å²) in [5, 5.41) is 3.39. The average Bonchev–Trinajstić information content (AvgIpc) is 2.59. The lowest BCUT2D eigenvalue weighted by atomic mass is 10.1. The summed E-state index contributed by atoms with van der Waals surface area (Å²) in [5.41, 5.74) is 8.17. The Balaban J connectivity index is 2.10. The van der Waals surface area contributed by atoms with Crippen LogP contribution in [-0.2, 0) is 6.54 Å². The van der Waals surface area contributed by atoms with E-state index in [1.54, 1.807) is 4.90 Å². The van der Waals surface area contributed by atoms with E-state index >= 15 is 0 Å². The number of fused-ring (bicyclic) bond motifs is 1. The van der Waals surface area contributed by atoms with E-state index < -0.39 is 17.5 Å². The Kier molecular flexibility index (Phi) is 5.10. The molecule has 26 heavy (non-hydrogen) atoms. The lowest BCUT2D eigenvalue weighted by Crippen LogP contribution is -2.36. The molecule has 5 N–H and O–H groups in total. The highest BCUT2D eigenvalue weighted by Gasteiger charge is 2.29. The number of amidine groups is 1. The molecule has 0 atom stereocenters. The van der Waals surface area contributed by atoms with Crippen LogP contribution < -0.4 is 26.7 Å². The first kappa shape index (κ1) is 18.2. The van der Waals surface area contributed by atoms with Crippen LogP contribution in [0.3, 0.4) is 0 Å². The standard InChI is InChI=1S/C16H15ClF3N5O/c17-10-6-12-15(13(14(10)20)16(21)23-24-22)25(3-4-26-12)7-8-1-2-9(18)5-11(8)19/h1-2,5-6,24H,3-4,7,22H2,(H2,21,23). The number of hydrogen-bond acceptors (Lipinski definition) is 5. The minimum absolute atomic E-state index is 0.0415. The number of hydrogen-bond donors (Lipinski definition) is 3. The fourth-order valence-electron chi connectivity index (χ4n) is 2.77. The van der Waals surface area contributed by atoms with E-state index in [0.717, 1.165) is 12.1 Å². The molecule has 10 heteroatoms. The second-order valence-corrected chi connectivity index (χ2v) is 5.93. The molecule has 0 aromatic heterocycles. The molecule has 2 aromatic carbocycles. The van der Waals surface area contributed by atoms with E-state index in [9.17, 15) is 13.2 Å². The molecule has 0 bridgehead atoms. The van der Waals surface area contributed by atoms with Crippen LogP contribution in [0, 0.1) is 17.5 Å². The minimum atomic E-state index is -0.808. The van der Waals surface area contributed by atoms with Gasteiger partial charge in [0, 0.05) is 24.2 Å². The van der Waals surface area contributed by atoms with Crippen LogP contribution in [0.5, 0.6) is 5.75 Å². The van der Waals surface area contributed by atoms with Crippen molar-refractivity contribution in [3.8, 4) is 5.75 Å². The molecule has 0 unspecified atom stereocenters. The molecule has 1 heterocycles. The molecule has 0 amide bonds. The van der Waals surface area contributed by atoms with E-state index in [0.29, 0.717) is 6.54 Å². The van der Waals surface area contributed by atoms with Gasteiger partial charge in [-0.05, 0) is 6.07 Å². The van der Waals surface area contributed by atoms with Crippen molar-refractivity contribution in [3.63, 3.8) is 0 Å². The van der Waals surface area contributed by atoms with Crippen LogP contribution in [0.15, 0.2) is 29.4 Å². The van der Waals surface area contributed by atoms with Gasteiger partial charge in [-0.15, -0.1) is 5.10 Å². The topological polar surface area (TPSA) is 88.9 Å². The third-order valence-corrected chi connectivity index (χ3v) is 4.18. The Morgan fingerprint density at radius 3 is 2.77 bits per heavy atom. The van der Waals surface area contributed by atoms with E-state index in [1.807, 2.05) is 5.53 Å². The largest absolute Gasteiger partial charge is 0.489 e. The minimum Gasteiger partial charge on any atom is -0.489 e. The second kappa shape index (κ2) is 7.30. The molecular weight excluding hydrogens is 371 g/mol. The smallest absolute Gasteiger partial charge is 0.157 e. The number of nitrogens with zero attached hydrogens (tertiary/aromatic N) is 2. The highest BCUT2D eigenvalue weighted by Crippen LogP contribution is 2.40. The van der Waals surface area contributed by atoms with Crippen molar-refractivity contribution in [2.24, 2.45) is 16.7 Å². The van der Waals surface area contributed by atoms with Gasteiger partial charge in [-0.25, -0.2) is 24.5 Å². The SMILES string of the molecule is NN/N=C(\N)c1c(F)c(Cl)cc2c1N(Cc1ccc(F)cc1F)CCO2. The summed E-state index contributed by atoms with van der Waals surface area (Å²) in [7, 11) is 0. The summed E-state index contributed by atoms with van der Waals surface area (Å²) in [6.07, 6.45) is 0. The fourth-order valence-corrected chi connectivity index (χ4v) is 2.96. The van der Waals surface area contributed by atoms with Crippen molar-refractivity contribution in [1.82, 2.24) is 5.53 Å². The lowest BCUT2D eigenvalue weighted by molar-refractivity contribution is 0.305. The van der Waals surface area contributed by atoms with Gasteiger partial charge in [0.05, 0.1) is 22.8 Å². The predicted molar refractivity (Wildman–Crippen MR) is 92.4 cm³/mol. The van der Waals surface area contributed by atoms with Crippen LogP contribution in [0.25, 0.3) is 0 Å². The molecule has 0 spiro atoms. The zero-order chi connectivity index (χ0) is 18.8. The van der Waals surface area contributed by atoms with E-state index in [4.69, 9.17) is 27.9 Å². The van der Waals surface area contributed by atoms with Gasteiger partial charge >= 0.3 is 0 Å². The number of halogens is 4. The second-order valence-electron chi connectivity index (χ2n) is 5.53. The van der Waals surface area contributed by atoms with Crippen molar-refractivity contribution >= 4 is 23.1 Å². The normalized spacial score (nSPS) is 14.0. The van der Waals surface area contributed by atoms with E-state index in [2.05, 4.69) is 5.10 Å². The number of hydrazone groups is 1. The summed E-state index contributed by atoms with van der Waals surface area (Å²) in [4.78, 5) is 1.66. The van der Waals surface area contributed by atoms with Gasteiger partial charge in [0.15, 0.2) is 11.7 Å². The molecule has 0 saturated heterocycles. The number of anilines is 1. The maximum Gasteiger partial charge on any atom is 0.157 e. The van der Waals surface area contributed by atoms with Crippen LogP contribution in [0.4, 0.5) is 18.9 Å². The quantitative estimate of drug-likeness (QED) is 0.325. The van der Waals surface area contributed by atoms with Crippen LogP contribution >= 0.6 is 11.6 Å². The zero-order valence-electron chi connectivity index (χ0n) is 13.4. The van der Waals surface area contributed by atoms with Crippen molar-refractivity contribution in [2.45, 2.75) is 6.54 Å². The van der Waals surface area contributed by atoms with Gasteiger partial charge < -0.3 is 15.4 Å². The predicted octanol–water partition coefficient (Wildman–Crippen LogP) is 2.24. The van der Waals surface area contributed by atoms with Gasteiger partial charge in [-0.3, -0.25) is 0 Å². The number of ether oxygens (including phenoxy) is 1. The summed E-state index contributed by atoms with van der Waals surface area (Å²) < 4.78 is 47.3. The average molecular weight is 386 g/mol. The van der Waals surface area contributed by atoms with E-state index in [1.165, 1.54) is 12.1 Å². The Morgan fingerprint density at radius 1 is 1.31 bits per heavy atom. The summed E-state index contributed by atoms with van der Waals surface area (Å²) in [6, 6.07) is 4.57. The molecule has 0 radical (unpaired) electrons. The number of rotatable bonds is 4. The molecule has 0 fully saturated rings. The molecule has 0 saturated carbocycles. The third kappa shape index (κ3) is 3.35. The lowest BCUT2D eigenvalue weighted by Gasteiger charge is -2.33. The number of hydrazine groups is 1. The third-order valence-electron chi connectivity index (χ3n) is 3.91. The van der Waals surface area contributed by atoms with Gasteiger partial charge in [-0.2, -0.15) is 0 Å². The summed E-state index contributed by atoms with van der Waals surface area (Å²) in [5.74, 6) is 2.94. The molecule has 2 aromatic rings. The Morgan fingerprint density at radius 2 is 2.08 bits per heavy atom. The highest BCUT2D eigenvalue weighted by atomic mass is 35.5. The first-order valence-corrected chi connectivity index (χ1v) is 7.93. The monoisotopic (exact) mass is 385 g/mol. The van der Waals surface area contributed by atoms with Gasteiger partial charge in [0.25, 0.3) is 0 Å². The molecule has 3 rings (SSSR count). The first-order chi connectivity index (χ1) is 12.4. The fraction of sp³-hybridized carbons (Fsp3) is 0.188. The van der Waals surface area contributed by atoms with E-state index in [-0.39, 0.29) is 46.6 Å². The zero-order valence-corrected chi connectivity index (χ0v) is 14.2. The molecule has 1 aliphatic rings. The first-order valence-electron chi connectivity index (χ1n) is 7.55.